The second-order valence-electron chi connectivity index (χ2n) is 9.18. The van der Waals surface area contributed by atoms with E-state index in [4.69, 9.17) is 4.74 Å². The lowest BCUT2D eigenvalue weighted by Crippen LogP contribution is -2.51. The summed E-state index contributed by atoms with van der Waals surface area (Å²) in [7, 11) is 1.71. The summed E-state index contributed by atoms with van der Waals surface area (Å²) in [6, 6.07) is 19.7. The molecule has 0 N–H and O–H groups in total. The van der Waals surface area contributed by atoms with E-state index in [9.17, 15) is 0 Å². The lowest BCUT2D eigenvalue weighted by molar-refractivity contribution is 0.0770. The Morgan fingerprint density at radius 3 is 2.32 bits per heavy atom. The predicted octanol–water partition coefficient (Wildman–Crippen LogP) is 4.00. The van der Waals surface area contributed by atoms with Crippen LogP contribution in [0.2, 0.25) is 0 Å². The van der Waals surface area contributed by atoms with Crippen molar-refractivity contribution in [2.24, 2.45) is 0 Å². The van der Waals surface area contributed by atoms with Crippen LogP contribution in [0.25, 0.3) is 0 Å². The zero-order valence-corrected chi connectivity index (χ0v) is 20.7. The number of methoxy groups -OCH3 is 1. The van der Waals surface area contributed by atoms with Gasteiger partial charge in [0.1, 0.15) is 5.75 Å². The molecule has 1 aliphatic heterocycles. The van der Waals surface area contributed by atoms with E-state index in [1.54, 1.807) is 7.11 Å². The van der Waals surface area contributed by atoms with Gasteiger partial charge < -0.3 is 4.74 Å². The van der Waals surface area contributed by atoms with Gasteiger partial charge in [-0.2, -0.15) is 0 Å². The first-order chi connectivity index (χ1) is 16.3. The largest absolute Gasteiger partial charge is 0.497 e. The summed E-state index contributed by atoms with van der Waals surface area (Å²) < 4.78 is 7.39. The monoisotopic (exact) mass is 482 g/mol. The summed E-state index contributed by atoms with van der Waals surface area (Å²) in [6.07, 6.45) is 6.40. The number of aromatic nitrogens is 4. The second-order valence-corrected chi connectivity index (χ2v) is 9.18. The van der Waals surface area contributed by atoms with E-state index >= 15 is 0 Å². The van der Waals surface area contributed by atoms with E-state index in [1.807, 2.05) is 16.8 Å². The number of ether oxygens (including phenoxy) is 1. The summed E-state index contributed by atoms with van der Waals surface area (Å²) in [4.78, 5) is 5.25. The first-order valence-electron chi connectivity index (χ1n) is 12.2. The summed E-state index contributed by atoms with van der Waals surface area (Å²) in [5.74, 6) is 1.79. The average molecular weight is 483 g/mol. The summed E-state index contributed by atoms with van der Waals surface area (Å²) in [5.41, 5.74) is 2.51. The Kier molecular flexibility index (Phi) is 8.53. The van der Waals surface area contributed by atoms with Crippen molar-refractivity contribution in [2.45, 2.75) is 50.7 Å². The van der Waals surface area contributed by atoms with Crippen molar-refractivity contribution in [1.29, 1.82) is 0 Å². The van der Waals surface area contributed by atoms with Gasteiger partial charge in [-0.15, -0.1) is 17.5 Å². The molecule has 0 bridgehead atoms. The molecule has 0 spiro atoms. The minimum atomic E-state index is 0. The highest BCUT2D eigenvalue weighted by Gasteiger charge is 2.33. The molecule has 8 heteroatoms. The molecule has 1 aromatic heterocycles. The van der Waals surface area contributed by atoms with Crippen LogP contribution in [-0.4, -0.2) is 69.3 Å². The first kappa shape index (κ1) is 24.6. The van der Waals surface area contributed by atoms with Crippen LogP contribution < -0.4 is 4.74 Å². The Bertz CT molecular complexity index is 998. The van der Waals surface area contributed by atoms with E-state index in [-0.39, 0.29) is 18.4 Å². The molecule has 2 heterocycles. The smallest absolute Gasteiger partial charge is 0.173 e. The molecule has 7 nitrogen and oxygen atoms in total. The molecule has 0 amide bonds. The van der Waals surface area contributed by atoms with Crippen LogP contribution in [0.5, 0.6) is 5.75 Å². The van der Waals surface area contributed by atoms with Crippen molar-refractivity contribution in [3.63, 3.8) is 0 Å². The minimum Gasteiger partial charge on any atom is -0.497 e. The third kappa shape index (κ3) is 5.59. The molecule has 5 rings (SSSR count). The van der Waals surface area contributed by atoms with Crippen LogP contribution in [-0.2, 0) is 13.0 Å². The van der Waals surface area contributed by atoms with Crippen LogP contribution in [0.4, 0.5) is 0 Å². The highest BCUT2D eigenvalue weighted by atomic mass is 35.5. The van der Waals surface area contributed by atoms with Crippen molar-refractivity contribution >= 4 is 12.4 Å². The van der Waals surface area contributed by atoms with Gasteiger partial charge in [0.15, 0.2) is 5.82 Å². The van der Waals surface area contributed by atoms with Crippen molar-refractivity contribution < 1.29 is 4.74 Å². The van der Waals surface area contributed by atoms with E-state index < -0.39 is 0 Å². The van der Waals surface area contributed by atoms with Crippen molar-refractivity contribution in [2.75, 3.05) is 33.3 Å². The maximum Gasteiger partial charge on any atom is 0.173 e. The lowest BCUT2D eigenvalue weighted by atomic mass is 10.0. The number of piperazine rings is 1. The van der Waals surface area contributed by atoms with E-state index in [2.05, 4.69) is 67.8 Å². The zero-order valence-electron chi connectivity index (χ0n) is 19.9. The fourth-order valence-electron chi connectivity index (χ4n) is 5.39. The number of rotatable bonds is 8. The molecule has 2 fully saturated rings. The van der Waals surface area contributed by atoms with Crippen LogP contribution >= 0.6 is 12.4 Å². The Labute approximate surface area is 208 Å². The molecular weight excluding hydrogens is 448 g/mol. The van der Waals surface area contributed by atoms with Crippen LogP contribution in [0, 0.1) is 0 Å². The molecule has 0 radical (unpaired) electrons. The van der Waals surface area contributed by atoms with Gasteiger partial charge in [0, 0.05) is 38.8 Å². The summed E-state index contributed by atoms with van der Waals surface area (Å²) in [6.45, 7) is 5.05. The van der Waals surface area contributed by atoms with Crippen molar-refractivity contribution in [1.82, 2.24) is 30.0 Å². The molecule has 1 saturated heterocycles. The second kappa shape index (κ2) is 11.8. The highest BCUT2D eigenvalue weighted by molar-refractivity contribution is 5.85. The van der Waals surface area contributed by atoms with E-state index in [0.717, 1.165) is 56.8 Å². The molecule has 2 aliphatic rings. The van der Waals surface area contributed by atoms with Gasteiger partial charge >= 0.3 is 0 Å². The Hall–Kier alpha value is -2.48. The number of halogens is 1. The van der Waals surface area contributed by atoms with Gasteiger partial charge in [-0.1, -0.05) is 55.3 Å². The van der Waals surface area contributed by atoms with Crippen molar-refractivity contribution in [3.8, 4) is 5.75 Å². The quantitative estimate of drug-likeness (QED) is 0.483. The maximum atomic E-state index is 5.40. The molecule has 182 valence electrons. The van der Waals surface area contributed by atoms with E-state index in [1.165, 1.54) is 36.8 Å². The molecule has 1 aliphatic carbocycles. The van der Waals surface area contributed by atoms with Crippen LogP contribution in [0.3, 0.4) is 0 Å². The highest BCUT2D eigenvalue weighted by Crippen LogP contribution is 2.31. The SMILES string of the molecule is COc1ccc(C(c2nnnn2CCc2ccccc2)N2CCN(C3CCCC3)CC2)cc1.Cl. The normalized spacial score (nSPS) is 18.5. The van der Waals surface area contributed by atoms with Gasteiger partial charge in [0.05, 0.1) is 13.2 Å². The topological polar surface area (TPSA) is 59.3 Å². The van der Waals surface area contributed by atoms with Crippen molar-refractivity contribution in [3.05, 3.63) is 71.5 Å². The Morgan fingerprint density at radius 1 is 0.941 bits per heavy atom. The molecule has 2 aromatic carbocycles. The predicted molar refractivity (Wildman–Crippen MR) is 135 cm³/mol. The average Bonchev–Trinajstić information content (AvgIpc) is 3.57. The summed E-state index contributed by atoms with van der Waals surface area (Å²) >= 11 is 0. The van der Waals surface area contributed by atoms with Gasteiger partial charge in [-0.05, 0) is 52.9 Å². The molecule has 1 atom stereocenters. The molecule has 1 saturated carbocycles. The minimum absolute atomic E-state index is 0. The number of tetrazole rings is 1. The van der Waals surface area contributed by atoms with Gasteiger partial charge in [0.25, 0.3) is 0 Å². The molecular formula is C26H35ClN6O. The zero-order chi connectivity index (χ0) is 22.5. The third-order valence-electron chi connectivity index (χ3n) is 7.25. The van der Waals surface area contributed by atoms with Crippen LogP contribution in [0.15, 0.2) is 54.6 Å². The molecule has 1 unspecified atom stereocenters. The van der Waals surface area contributed by atoms with Gasteiger partial charge in [0.2, 0.25) is 0 Å². The van der Waals surface area contributed by atoms with Gasteiger partial charge in [-0.3, -0.25) is 9.80 Å². The number of hydrogen-bond acceptors (Lipinski definition) is 6. The van der Waals surface area contributed by atoms with Gasteiger partial charge in [-0.25, -0.2) is 4.68 Å². The van der Waals surface area contributed by atoms with E-state index in [0.29, 0.717) is 0 Å². The molecule has 3 aromatic rings. The lowest BCUT2D eigenvalue weighted by Gasteiger charge is -2.41. The first-order valence-corrected chi connectivity index (χ1v) is 12.2. The third-order valence-corrected chi connectivity index (χ3v) is 7.25. The number of hydrogen-bond donors (Lipinski definition) is 0. The Morgan fingerprint density at radius 2 is 1.65 bits per heavy atom. The summed E-state index contributed by atoms with van der Waals surface area (Å²) in [5, 5.41) is 13.0. The Balaban J connectivity index is 0.00000274. The number of aryl methyl sites for hydroxylation is 2. The fraction of sp³-hybridized carbons (Fsp3) is 0.500. The van der Waals surface area contributed by atoms with Crippen LogP contribution in [0.1, 0.15) is 48.7 Å². The standard InChI is InChI=1S/C26H34N6O.ClH/c1-33-24-13-11-22(12-14-24)25(31-19-17-30(18-20-31)23-9-5-6-10-23)26-27-28-29-32(26)16-15-21-7-3-2-4-8-21;/h2-4,7-8,11-14,23,25H,5-6,9-10,15-20H2,1H3;1H. The maximum absolute atomic E-state index is 5.40. The fourth-order valence-corrected chi connectivity index (χ4v) is 5.39. The number of nitrogens with zero attached hydrogens (tertiary/aromatic N) is 6. The number of benzene rings is 2. The molecule has 34 heavy (non-hydrogen) atoms.